The summed E-state index contributed by atoms with van der Waals surface area (Å²) >= 11 is 0. The van der Waals surface area contributed by atoms with Gasteiger partial charge in [0.1, 0.15) is 5.69 Å². The molecule has 1 aliphatic carbocycles. The van der Waals surface area contributed by atoms with Crippen molar-refractivity contribution in [2.24, 2.45) is 0 Å². The first-order valence-corrected chi connectivity index (χ1v) is 9.54. The van der Waals surface area contributed by atoms with Crippen LogP contribution in [0.5, 0.6) is 0 Å². The molecular formula is C21H25N5O2. The number of rotatable bonds is 7. The Bertz CT molecular complexity index is 861. The van der Waals surface area contributed by atoms with E-state index in [0.717, 1.165) is 13.0 Å². The quantitative estimate of drug-likeness (QED) is 0.632. The molecule has 146 valence electrons. The van der Waals surface area contributed by atoms with Crippen molar-refractivity contribution in [3.8, 4) is 0 Å². The van der Waals surface area contributed by atoms with E-state index in [4.69, 9.17) is 0 Å². The van der Waals surface area contributed by atoms with Crippen molar-refractivity contribution in [3.05, 3.63) is 53.9 Å². The van der Waals surface area contributed by atoms with Gasteiger partial charge >= 0.3 is 0 Å². The summed E-state index contributed by atoms with van der Waals surface area (Å²) in [6, 6.07) is 8.48. The SMILES string of the molecule is CC(=O)Nc1ccc(NC(=O)c2ccnc(NCCC3=CCCCC3)n2)cc1. The highest BCUT2D eigenvalue weighted by molar-refractivity contribution is 6.03. The lowest BCUT2D eigenvalue weighted by atomic mass is 9.97. The molecule has 1 aliphatic rings. The molecule has 0 aliphatic heterocycles. The fourth-order valence-electron chi connectivity index (χ4n) is 3.07. The molecule has 3 rings (SSSR count). The van der Waals surface area contributed by atoms with Crippen molar-refractivity contribution in [1.29, 1.82) is 0 Å². The molecule has 0 spiro atoms. The Kier molecular flexibility index (Phi) is 6.73. The van der Waals surface area contributed by atoms with Crippen LogP contribution in [0.3, 0.4) is 0 Å². The molecule has 0 fully saturated rings. The van der Waals surface area contributed by atoms with Crippen LogP contribution in [0.2, 0.25) is 0 Å². The molecule has 28 heavy (non-hydrogen) atoms. The number of hydrogen-bond acceptors (Lipinski definition) is 5. The summed E-state index contributed by atoms with van der Waals surface area (Å²) in [6.45, 7) is 2.20. The van der Waals surface area contributed by atoms with Gasteiger partial charge in [0.15, 0.2) is 0 Å². The van der Waals surface area contributed by atoms with Crippen LogP contribution in [0.1, 0.15) is 49.5 Å². The van der Waals surface area contributed by atoms with Gasteiger partial charge in [-0.15, -0.1) is 0 Å². The topological polar surface area (TPSA) is 96.0 Å². The van der Waals surface area contributed by atoms with E-state index in [1.54, 1.807) is 36.5 Å². The van der Waals surface area contributed by atoms with Gasteiger partial charge in [-0.3, -0.25) is 9.59 Å². The molecule has 1 aromatic carbocycles. The second-order valence-electron chi connectivity index (χ2n) is 6.76. The van der Waals surface area contributed by atoms with E-state index in [2.05, 4.69) is 32.0 Å². The number of hydrogen-bond donors (Lipinski definition) is 3. The molecular weight excluding hydrogens is 354 g/mol. The van der Waals surface area contributed by atoms with Gasteiger partial charge in [-0.05, 0) is 62.4 Å². The Balaban J connectivity index is 1.54. The fourth-order valence-corrected chi connectivity index (χ4v) is 3.07. The first-order valence-electron chi connectivity index (χ1n) is 9.54. The first kappa shape index (κ1) is 19.5. The Hall–Kier alpha value is -3.22. The smallest absolute Gasteiger partial charge is 0.274 e. The van der Waals surface area contributed by atoms with E-state index >= 15 is 0 Å². The molecule has 0 atom stereocenters. The lowest BCUT2D eigenvalue weighted by molar-refractivity contribution is -0.114. The molecule has 2 amide bonds. The first-order chi connectivity index (χ1) is 13.6. The lowest BCUT2D eigenvalue weighted by Gasteiger charge is -2.13. The molecule has 7 nitrogen and oxygen atoms in total. The van der Waals surface area contributed by atoms with E-state index in [0.29, 0.717) is 23.0 Å². The zero-order valence-corrected chi connectivity index (χ0v) is 16.0. The van der Waals surface area contributed by atoms with Crippen LogP contribution >= 0.6 is 0 Å². The van der Waals surface area contributed by atoms with Crippen LogP contribution in [0.15, 0.2) is 48.2 Å². The summed E-state index contributed by atoms with van der Waals surface area (Å²) in [4.78, 5) is 32.0. The molecule has 1 aromatic heterocycles. The number of carbonyl (C=O) groups excluding carboxylic acids is 2. The average molecular weight is 379 g/mol. The minimum Gasteiger partial charge on any atom is -0.354 e. The number of carbonyl (C=O) groups is 2. The van der Waals surface area contributed by atoms with Crippen LogP contribution < -0.4 is 16.0 Å². The van der Waals surface area contributed by atoms with Gasteiger partial charge in [0.2, 0.25) is 11.9 Å². The molecule has 0 bridgehead atoms. The van der Waals surface area contributed by atoms with Crippen LogP contribution in [-0.2, 0) is 4.79 Å². The molecule has 0 saturated heterocycles. The van der Waals surface area contributed by atoms with Gasteiger partial charge < -0.3 is 16.0 Å². The van der Waals surface area contributed by atoms with E-state index in [9.17, 15) is 9.59 Å². The molecule has 1 heterocycles. The number of nitrogens with zero attached hydrogens (tertiary/aromatic N) is 2. The average Bonchev–Trinajstić information content (AvgIpc) is 2.70. The van der Waals surface area contributed by atoms with Gasteiger partial charge in [-0.1, -0.05) is 11.6 Å². The molecule has 0 saturated carbocycles. The van der Waals surface area contributed by atoms with Crippen molar-refractivity contribution in [2.75, 3.05) is 22.5 Å². The van der Waals surface area contributed by atoms with E-state index in [-0.39, 0.29) is 11.8 Å². The predicted molar refractivity (Wildman–Crippen MR) is 110 cm³/mol. The Morgan fingerprint density at radius 1 is 1.04 bits per heavy atom. The summed E-state index contributed by atoms with van der Waals surface area (Å²) in [6.07, 6.45) is 9.77. The highest BCUT2D eigenvalue weighted by atomic mass is 16.2. The van der Waals surface area contributed by atoms with E-state index in [1.165, 1.54) is 38.2 Å². The third kappa shape index (κ3) is 5.90. The van der Waals surface area contributed by atoms with Crippen molar-refractivity contribution in [3.63, 3.8) is 0 Å². The number of allylic oxidation sites excluding steroid dienone is 1. The maximum atomic E-state index is 12.4. The highest BCUT2D eigenvalue weighted by Gasteiger charge is 2.10. The summed E-state index contributed by atoms with van der Waals surface area (Å²) in [5, 5.41) is 8.67. The second-order valence-corrected chi connectivity index (χ2v) is 6.76. The third-order valence-electron chi connectivity index (χ3n) is 4.47. The number of benzene rings is 1. The maximum Gasteiger partial charge on any atom is 0.274 e. The summed E-state index contributed by atoms with van der Waals surface area (Å²) in [5.41, 5.74) is 3.07. The van der Waals surface area contributed by atoms with Crippen LogP contribution in [0.25, 0.3) is 0 Å². The number of anilines is 3. The summed E-state index contributed by atoms with van der Waals surface area (Å²) in [7, 11) is 0. The third-order valence-corrected chi connectivity index (χ3v) is 4.47. The lowest BCUT2D eigenvalue weighted by Crippen LogP contribution is -2.16. The van der Waals surface area contributed by atoms with Crippen molar-refractivity contribution in [1.82, 2.24) is 9.97 Å². The Labute approximate surface area is 164 Å². The standard InChI is InChI=1S/C21H25N5O2/c1-15(27)24-17-7-9-18(10-8-17)25-20(28)19-12-14-23-21(26-19)22-13-11-16-5-3-2-4-6-16/h5,7-10,12,14H,2-4,6,11,13H2,1H3,(H,24,27)(H,25,28)(H,22,23,26). The second kappa shape index (κ2) is 9.64. The molecule has 0 unspecified atom stereocenters. The zero-order valence-electron chi connectivity index (χ0n) is 16.0. The molecule has 3 N–H and O–H groups in total. The Morgan fingerprint density at radius 3 is 2.46 bits per heavy atom. The van der Waals surface area contributed by atoms with Crippen molar-refractivity contribution >= 4 is 29.1 Å². The van der Waals surface area contributed by atoms with Gasteiger partial charge in [-0.2, -0.15) is 0 Å². The van der Waals surface area contributed by atoms with Gasteiger partial charge in [-0.25, -0.2) is 9.97 Å². The molecule has 0 radical (unpaired) electrons. The van der Waals surface area contributed by atoms with Crippen molar-refractivity contribution in [2.45, 2.75) is 39.0 Å². The molecule has 7 heteroatoms. The summed E-state index contributed by atoms with van der Waals surface area (Å²) in [5.74, 6) is -0.00430. The zero-order chi connectivity index (χ0) is 19.8. The van der Waals surface area contributed by atoms with Crippen LogP contribution in [0, 0.1) is 0 Å². The fraction of sp³-hybridized carbons (Fsp3) is 0.333. The van der Waals surface area contributed by atoms with Crippen LogP contribution in [0.4, 0.5) is 17.3 Å². The minimum absolute atomic E-state index is 0.141. The largest absolute Gasteiger partial charge is 0.354 e. The van der Waals surface area contributed by atoms with E-state index in [1.807, 2.05) is 0 Å². The minimum atomic E-state index is -0.312. The van der Waals surface area contributed by atoms with E-state index < -0.39 is 0 Å². The van der Waals surface area contributed by atoms with Gasteiger partial charge in [0.25, 0.3) is 5.91 Å². The number of amides is 2. The normalized spacial score (nSPS) is 13.4. The summed E-state index contributed by atoms with van der Waals surface area (Å²) < 4.78 is 0. The van der Waals surface area contributed by atoms with Gasteiger partial charge in [0, 0.05) is 31.0 Å². The maximum absolute atomic E-state index is 12.4. The molecule has 2 aromatic rings. The van der Waals surface area contributed by atoms with Crippen LogP contribution in [-0.4, -0.2) is 28.3 Å². The Morgan fingerprint density at radius 2 is 1.79 bits per heavy atom. The monoisotopic (exact) mass is 379 g/mol. The predicted octanol–water partition coefficient (Wildman–Crippen LogP) is 3.99. The highest BCUT2D eigenvalue weighted by Crippen LogP contribution is 2.20. The number of aromatic nitrogens is 2. The van der Waals surface area contributed by atoms with Crippen molar-refractivity contribution < 1.29 is 9.59 Å². The number of nitrogens with one attached hydrogen (secondary N) is 3. The van der Waals surface area contributed by atoms with Gasteiger partial charge in [0.05, 0.1) is 0 Å².